The Labute approximate surface area is 146 Å². The monoisotopic (exact) mass is 372 g/mol. The van der Waals surface area contributed by atoms with E-state index in [9.17, 15) is 22.4 Å². The summed E-state index contributed by atoms with van der Waals surface area (Å²) in [5, 5.41) is 2.80. The lowest BCUT2D eigenvalue weighted by atomic mass is 10.2. The zero-order valence-corrected chi connectivity index (χ0v) is 14.6. The van der Waals surface area contributed by atoms with Crippen LogP contribution in [0, 0.1) is 5.82 Å². The second-order valence-electron chi connectivity index (χ2n) is 5.90. The summed E-state index contributed by atoms with van der Waals surface area (Å²) in [6, 6.07) is 4.28. The smallest absolute Gasteiger partial charge is 0.321 e. The van der Waals surface area contributed by atoms with E-state index in [2.05, 4.69) is 10.0 Å². The number of esters is 1. The third-order valence-electron chi connectivity index (χ3n) is 3.91. The van der Waals surface area contributed by atoms with Crippen LogP contribution >= 0.6 is 0 Å². The van der Waals surface area contributed by atoms with Gasteiger partial charge in [-0.2, -0.15) is 4.72 Å². The van der Waals surface area contributed by atoms with Gasteiger partial charge in [-0.15, -0.1) is 0 Å². The van der Waals surface area contributed by atoms with E-state index in [4.69, 9.17) is 4.74 Å². The fourth-order valence-corrected chi connectivity index (χ4v) is 3.50. The van der Waals surface area contributed by atoms with Gasteiger partial charge in [-0.25, -0.2) is 12.8 Å². The molecule has 7 nitrogen and oxygen atoms in total. The Balaban J connectivity index is 1.80. The van der Waals surface area contributed by atoms with Gasteiger partial charge in [-0.3, -0.25) is 9.59 Å². The average molecular weight is 372 g/mol. The number of ether oxygens (including phenoxy) is 1. The van der Waals surface area contributed by atoms with E-state index in [-0.39, 0.29) is 10.9 Å². The zero-order chi connectivity index (χ0) is 18.4. The predicted octanol–water partition coefficient (Wildman–Crippen LogP) is 1.09. The molecule has 9 heteroatoms. The average Bonchev–Trinajstić information content (AvgIpc) is 3.06. The van der Waals surface area contributed by atoms with Gasteiger partial charge in [-0.1, -0.05) is 12.8 Å². The molecular formula is C16H21FN2O5S. The molecular weight excluding hydrogens is 351 g/mol. The van der Waals surface area contributed by atoms with Crippen LogP contribution in [0.4, 0.5) is 4.39 Å². The minimum Gasteiger partial charge on any atom is -0.452 e. The first-order valence-electron chi connectivity index (χ1n) is 8.03. The Morgan fingerprint density at radius 1 is 1.24 bits per heavy atom. The standard InChI is InChI=1S/C16H21FN2O5S/c1-11(16(21)19-13-4-2-3-5-13)24-15(20)10-18-25(22,23)14-8-6-12(17)7-9-14/h6-9,11,13,18H,2-5,10H2,1H3,(H,19,21)/t11-/m0/s1. The maximum absolute atomic E-state index is 12.8. The maximum Gasteiger partial charge on any atom is 0.321 e. The molecule has 138 valence electrons. The molecule has 0 unspecified atom stereocenters. The Morgan fingerprint density at radius 3 is 2.44 bits per heavy atom. The molecule has 0 saturated heterocycles. The van der Waals surface area contributed by atoms with Crippen LogP contribution in [0.5, 0.6) is 0 Å². The molecule has 0 aliphatic heterocycles. The van der Waals surface area contributed by atoms with Gasteiger partial charge in [0, 0.05) is 6.04 Å². The van der Waals surface area contributed by atoms with Gasteiger partial charge in [0.1, 0.15) is 12.4 Å². The maximum atomic E-state index is 12.8. The second-order valence-corrected chi connectivity index (χ2v) is 7.67. The normalized spacial score (nSPS) is 16.4. The molecule has 1 aliphatic carbocycles. The van der Waals surface area contributed by atoms with Gasteiger partial charge < -0.3 is 10.1 Å². The van der Waals surface area contributed by atoms with E-state index >= 15 is 0 Å². The lowest BCUT2D eigenvalue weighted by Gasteiger charge is -2.17. The van der Waals surface area contributed by atoms with Gasteiger partial charge in [-0.05, 0) is 44.0 Å². The summed E-state index contributed by atoms with van der Waals surface area (Å²) in [5.41, 5.74) is 0. The van der Waals surface area contributed by atoms with Crippen LogP contribution in [0.15, 0.2) is 29.2 Å². The molecule has 25 heavy (non-hydrogen) atoms. The fourth-order valence-electron chi connectivity index (χ4n) is 2.53. The fraction of sp³-hybridized carbons (Fsp3) is 0.500. The van der Waals surface area contributed by atoms with Crippen molar-refractivity contribution in [3.63, 3.8) is 0 Å². The highest BCUT2D eigenvalue weighted by molar-refractivity contribution is 7.89. The highest BCUT2D eigenvalue weighted by Gasteiger charge is 2.24. The van der Waals surface area contributed by atoms with E-state index in [1.54, 1.807) is 0 Å². The van der Waals surface area contributed by atoms with Crippen LogP contribution in [0.3, 0.4) is 0 Å². The largest absolute Gasteiger partial charge is 0.452 e. The third-order valence-corrected chi connectivity index (χ3v) is 5.33. The molecule has 0 spiro atoms. The van der Waals surface area contributed by atoms with Crippen molar-refractivity contribution in [3.8, 4) is 0 Å². The van der Waals surface area contributed by atoms with E-state index in [1.165, 1.54) is 6.92 Å². The highest BCUT2D eigenvalue weighted by Crippen LogP contribution is 2.17. The van der Waals surface area contributed by atoms with Crippen molar-refractivity contribution in [2.75, 3.05) is 6.54 Å². The molecule has 1 saturated carbocycles. The lowest BCUT2D eigenvalue weighted by Crippen LogP contribution is -2.42. The number of rotatable bonds is 7. The van der Waals surface area contributed by atoms with Gasteiger partial charge >= 0.3 is 5.97 Å². The van der Waals surface area contributed by atoms with Gasteiger partial charge in [0.05, 0.1) is 4.90 Å². The molecule has 0 heterocycles. The first kappa shape index (κ1) is 19.3. The minimum absolute atomic E-state index is 0.102. The van der Waals surface area contributed by atoms with Gasteiger partial charge in [0.25, 0.3) is 5.91 Å². The Morgan fingerprint density at radius 2 is 1.84 bits per heavy atom. The number of carbonyl (C=O) groups excluding carboxylic acids is 2. The lowest BCUT2D eigenvalue weighted by molar-refractivity contribution is -0.153. The van der Waals surface area contributed by atoms with Gasteiger partial charge in [0.2, 0.25) is 10.0 Å². The first-order valence-corrected chi connectivity index (χ1v) is 9.51. The van der Waals surface area contributed by atoms with Crippen molar-refractivity contribution in [1.82, 2.24) is 10.0 Å². The molecule has 1 aromatic carbocycles. The topological polar surface area (TPSA) is 102 Å². The molecule has 0 aromatic heterocycles. The Kier molecular flexibility index (Phi) is 6.49. The van der Waals surface area contributed by atoms with Crippen molar-refractivity contribution in [3.05, 3.63) is 30.1 Å². The number of benzene rings is 1. The summed E-state index contributed by atoms with van der Waals surface area (Å²) in [7, 11) is -3.96. The van der Waals surface area contributed by atoms with Crippen molar-refractivity contribution < 1.29 is 27.1 Å². The first-order chi connectivity index (χ1) is 11.8. The van der Waals surface area contributed by atoms with E-state index in [0.717, 1.165) is 49.9 Å². The van der Waals surface area contributed by atoms with E-state index in [1.807, 2.05) is 0 Å². The molecule has 1 amide bonds. The van der Waals surface area contributed by atoms with E-state index in [0.29, 0.717) is 0 Å². The summed E-state index contributed by atoms with van der Waals surface area (Å²) in [5.74, 6) is -1.85. The van der Waals surface area contributed by atoms with Crippen molar-refractivity contribution in [2.45, 2.75) is 49.6 Å². The molecule has 1 atom stereocenters. The number of sulfonamides is 1. The third kappa shape index (κ3) is 5.79. The number of carbonyl (C=O) groups is 2. The summed E-state index contributed by atoms with van der Waals surface area (Å²) in [6.45, 7) is 0.803. The summed E-state index contributed by atoms with van der Waals surface area (Å²) >= 11 is 0. The van der Waals surface area contributed by atoms with Crippen molar-refractivity contribution in [1.29, 1.82) is 0 Å². The molecule has 1 aliphatic rings. The number of amides is 1. The van der Waals surface area contributed by atoms with Gasteiger partial charge in [0.15, 0.2) is 6.10 Å². The molecule has 0 radical (unpaired) electrons. The SMILES string of the molecule is C[C@H](OC(=O)CNS(=O)(=O)c1ccc(F)cc1)C(=O)NC1CCCC1. The van der Waals surface area contributed by atoms with Crippen molar-refractivity contribution >= 4 is 21.9 Å². The number of halogens is 1. The molecule has 1 aromatic rings. The number of nitrogens with one attached hydrogen (secondary N) is 2. The summed E-state index contributed by atoms with van der Waals surface area (Å²) in [4.78, 5) is 23.5. The minimum atomic E-state index is -3.96. The van der Waals surface area contributed by atoms with Crippen LogP contribution < -0.4 is 10.0 Å². The quantitative estimate of drug-likeness (QED) is 0.698. The summed E-state index contributed by atoms with van der Waals surface area (Å²) < 4.78 is 43.8. The highest BCUT2D eigenvalue weighted by atomic mass is 32.2. The molecule has 2 N–H and O–H groups in total. The molecule has 1 fully saturated rings. The zero-order valence-electron chi connectivity index (χ0n) is 13.8. The van der Waals surface area contributed by atoms with E-state index < -0.39 is 40.4 Å². The Bertz CT molecular complexity index is 715. The second kappa shape index (κ2) is 8.39. The molecule has 0 bridgehead atoms. The van der Waals surface area contributed by atoms with Crippen LogP contribution in [-0.2, 0) is 24.3 Å². The molecule has 2 rings (SSSR count). The van der Waals surface area contributed by atoms with Crippen LogP contribution in [-0.4, -0.2) is 39.0 Å². The number of hydrogen-bond acceptors (Lipinski definition) is 5. The predicted molar refractivity (Wildman–Crippen MR) is 87.5 cm³/mol. The number of hydrogen-bond donors (Lipinski definition) is 2. The van der Waals surface area contributed by atoms with Crippen molar-refractivity contribution in [2.24, 2.45) is 0 Å². The van der Waals surface area contributed by atoms with Crippen LogP contribution in [0.2, 0.25) is 0 Å². The van der Waals surface area contributed by atoms with Crippen LogP contribution in [0.1, 0.15) is 32.6 Å². The summed E-state index contributed by atoms with van der Waals surface area (Å²) in [6.07, 6.45) is 2.92. The Hall–Kier alpha value is -2.00. The van der Waals surface area contributed by atoms with Crippen LogP contribution in [0.25, 0.3) is 0 Å².